The Morgan fingerprint density at radius 2 is 1.81 bits per heavy atom. The molecule has 1 aliphatic heterocycles. The summed E-state index contributed by atoms with van der Waals surface area (Å²) in [4.78, 5) is 16.4. The van der Waals surface area contributed by atoms with Crippen molar-refractivity contribution in [3.63, 3.8) is 0 Å². The molecule has 1 aliphatic rings. The molecule has 0 bridgehead atoms. The van der Waals surface area contributed by atoms with Gasteiger partial charge in [-0.1, -0.05) is 28.9 Å². The Balaban J connectivity index is 1.75. The molecule has 3 aromatic rings. The quantitative estimate of drug-likeness (QED) is 0.705. The lowest BCUT2D eigenvalue weighted by atomic mass is 9.95. The van der Waals surface area contributed by atoms with Crippen molar-refractivity contribution in [3.8, 4) is 11.4 Å². The van der Waals surface area contributed by atoms with Crippen molar-refractivity contribution < 1.29 is 13.7 Å². The van der Waals surface area contributed by atoms with E-state index in [-0.39, 0.29) is 17.7 Å². The normalized spacial score (nSPS) is 16.9. The molecule has 0 spiro atoms. The van der Waals surface area contributed by atoms with Crippen molar-refractivity contribution in [1.82, 2.24) is 20.8 Å². The molecule has 2 amide bonds. The van der Waals surface area contributed by atoms with Gasteiger partial charge in [-0.05, 0) is 48.9 Å². The molecule has 1 aromatic heterocycles. The third-order valence-electron chi connectivity index (χ3n) is 4.23. The highest BCUT2D eigenvalue weighted by atomic mass is 35.5. The van der Waals surface area contributed by atoms with Gasteiger partial charge >= 0.3 is 6.03 Å². The summed E-state index contributed by atoms with van der Waals surface area (Å²) in [7, 11) is 0. The van der Waals surface area contributed by atoms with E-state index in [0.717, 1.165) is 5.56 Å². The van der Waals surface area contributed by atoms with Gasteiger partial charge in [0.2, 0.25) is 5.82 Å². The average Bonchev–Trinajstić information content (AvgIpc) is 3.12. The van der Waals surface area contributed by atoms with E-state index in [4.69, 9.17) is 16.1 Å². The van der Waals surface area contributed by atoms with Crippen LogP contribution < -0.4 is 10.6 Å². The number of halogens is 2. The zero-order valence-corrected chi connectivity index (χ0v) is 14.9. The van der Waals surface area contributed by atoms with Crippen molar-refractivity contribution in [3.05, 3.63) is 76.5 Å². The third kappa shape index (κ3) is 3.41. The van der Waals surface area contributed by atoms with E-state index in [1.165, 1.54) is 12.1 Å². The number of hydrogen-bond acceptors (Lipinski definition) is 4. The SMILES string of the molecule is CC1=C(c2nc(-c3ccc(F)cc3)no2)C(c2ccc(Cl)cc2)NC(=O)N1. The van der Waals surface area contributed by atoms with Crippen LogP contribution in [-0.2, 0) is 0 Å². The first kappa shape index (κ1) is 17.2. The molecule has 0 saturated heterocycles. The number of carbonyl (C=O) groups excluding carboxylic acids is 1. The Morgan fingerprint density at radius 3 is 2.52 bits per heavy atom. The Bertz CT molecular complexity index is 1030. The van der Waals surface area contributed by atoms with Gasteiger partial charge in [-0.3, -0.25) is 0 Å². The number of benzene rings is 2. The molecule has 2 heterocycles. The summed E-state index contributed by atoms with van der Waals surface area (Å²) in [6.45, 7) is 1.76. The van der Waals surface area contributed by atoms with Gasteiger partial charge in [-0.2, -0.15) is 4.98 Å². The van der Waals surface area contributed by atoms with Crippen LogP contribution in [-0.4, -0.2) is 16.2 Å². The fourth-order valence-electron chi connectivity index (χ4n) is 2.93. The first-order chi connectivity index (χ1) is 13.0. The Morgan fingerprint density at radius 1 is 1.11 bits per heavy atom. The van der Waals surface area contributed by atoms with E-state index < -0.39 is 6.04 Å². The van der Waals surface area contributed by atoms with Crippen LogP contribution >= 0.6 is 11.6 Å². The second-order valence-electron chi connectivity index (χ2n) is 6.05. The molecule has 0 radical (unpaired) electrons. The minimum absolute atomic E-state index is 0.263. The monoisotopic (exact) mass is 384 g/mol. The fourth-order valence-corrected chi connectivity index (χ4v) is 3.06. The van der Waals surface area contributed by atoms with E-state index in [1.807, 2.05) is 12.1 Å². The lowest BCUT2D eigenvalue weighted by molar-refractivity contribution is 0.240. The first-order valence-electron chi connectivity index (χ1n) is 8.15. The van der Waals surface area contributed by atoms with Crippen LogP contribution in [0.5, 0.6) is 0 Å². The molecule has 1 atom stereocenters. The maximum Gasteiger partial charge on any atom is 0.319 e. The summed E-state index contributed by atoms with van der Waals surface area (Å²) >= 11 is 5.96. The molecule has 0 saturated carbocycles. The van der Waals surface area contributed by atoms with Gasteiger partial charge in [0, 0.05) is 16.3 Å². The fraction of sp³-hybridized carbons (Fsp3) is 0.105. The van der Waals surface area contributed by atoms with Crippen LogP contribution in [0.25, 0.3) is 17.0 Å². The number of aromatic nitrogens is 2. The highest BCUT2D eigenvalue weighted by Gasteiger charge is 2.31. The lowest BCUT2D eigenvalue weighted by Crippen LogP contribution is -2.42. The van der Waals surface area contributed by atoms with Crippen molar-refractivity contribution in [2.75, 3.05) is 0 Å². The van der Waals surface area contributed by atoms with Crippen molar-refractivity contribution in [1.29, 1.82) is 0 Å². The third-order valence-corrected chi connectivity index (χ3v) is 4.48. The number of amides is 2. The summed E-state index contributed by atoms with van der Waals surface area (Å²) in [6, 6.07) is 12.1. The van der Waals surface area contributed by atoms with Crippen LogP contribution in [0.4, 0.5) is 9.18 Å². The smallest absolute Gasteiger partial charge is 0.319 e. The van der Waals surface area contributed by atoms with Crippen LogP contribution in [0, 0.1) is 5.82 Å². The minimum atomic E-state index is -0.475. The van der Waals surface area contributed by atoms with Gasteiger partial charge in [0.15, 0.2) is 0 Å². The number of allylic oxidation sites excluding steroid dienone is 1. The molecule has 1 unspecified atom stereocenters. The standard InChI is InChI=1S/C19H14ClFN4O2/c1-10-15(16(23-19(26)22-10)11-2-6-13(20)7-3-11)18-24-17(25-27-18)12-4-8-14(21)9-5-12/h2-9,16H,1H3,(H2,22,23,26). The van der Waals surface area contributed by atoms with Crippen molar-refractivity contribution >= 4 is 23.2 Å². The number of nitrogens with one attached hydrogen (secondary N) is 2. The summed E-state index contributed by atoms with van der Waals surface area (Å²) in [6.07, 6.45) is 0. The van der Waals surface area contributed by atoms with Crippen molar-refractivity contribution in [2.45, 2.75) is 13.0 Å². The van der Waals surface area contributed by atoms with Gasteiger partial charge < -0.3 is 15.2 Å². The van der Waals surface area contributed by atoms with E-state index >= 15 is 0 Å². The summed E-state index contributed by atoms with van der Waals surface area (Å²) < 4.78 is 18.6. The Hall–Kier alpha value is -3.19. The molecule has 2 N–H and O–H groups in total. The summed E-state index contributed by atoms with van der Waals surface area (Å²) in [5, 5.41) is 10.2. The van der Waals surface area contributed by atoms with Gasteiger partial charge in [0.1, 0.15) is 5.82 Å². The predicted molar refractivity (Wildman–Crippen MR) is 98.1 cm³/mol. The molecule has 27 heavy (non-hydrogen) atoms. The lowest BCUT2D eigenvalue weighted by Gasteiger charge is -2.27. The second-order valence-corrected chi connectivity index (χ2v) is 6.49. The maximum absolute atomic E-state index is 13.1. The number of rotatable bonds is 3. The largest absolute Gasteiger partial charge is 0.334 e. The van der Waals surface area contributed by atoms with Gasteiger partial charge in [-0.25, -0.2) is 9.18 Å². The van der Waals surface area contributed by atoms with Crippen LogP contribution in [0.3, 0.4) is 0 Å². The van der Waals surface area contributed by atoms with Crippen LogP contribution in [0.15, 0.2) is 58.8 Å². The molecule has 8 heteroatoms. The summed E-state index contributed by atoms with van der Waals surface area (Å²) in [5.74, 6) is 0.249. The number of carbonyl (C=O) groups is 1. The van der Waals surface area contributed by atoms with Gasteiger partial charge in [0.25, 0.3) is 5.89 Å². The molecule has 0 aliphatic carbocycles. The van der Waals surface area contributed by atoms with E-state index in [2.05, 4.69) is 20.8 Å². The van der Waals surface area contributed by atoms with E-state index in [0.29, 0.717) is 27.7 Å². The van der Waals surface area contributed by atoms with Gasteiger partial charge in [-0.15, -0.1) is 0 Å². The summed E-state index contributed by atoms with van der Waals surface area (Å²) in [5.41, 5.74) is 2.71. The number of urea groups is 1. The minimum Gasteiger partial charge on any atom is -0.334 e. The molecule has 2 aromatic carbocycles. The van der Waals surface area contributed by atoms with E-state index in [9.17, 15) is 9.18 Å². The second kappa shape index (κ2) is 6.85. The first-order valence-corrected chi connectivity index (χ1v) is 8.53. The molecule has 6 nitrogen and oxygen atoms in total. The topological polar surface area (TPSA) is 80.1 Å². The van der Waals surface area contributed by atoms with Gasteiger partial charge in [0.05, 0.1) is 11.6 Å². The highest BCUT2D eigenvalue weighted by molar-refractivity contribution is 6.30. The van der Waals surface area contributed by atoms with Crippen LogP contribution in [0.2, 0.25) is 5.02 Å². The maximum atomic E-state index is 13.1. The zero-order chi connectivity index (χ0) is 19.0. The molecule has 136 valence electrons. The number of hydrogen-bond donors (Lipinski definition) is 2. The number of nitrogens with zero attached hydrogens (tertiary/aromatic N) is 2. The van der Waals surface area contributed by atoms with E-state index in [1.54, 1.807) is 31.2 Å². The molecule has 0 fully saturated rings. The molecular formula is C19H14ClFN4O2. The zero-order valence-electron chi connectivity index (χ0n) is 14.2. The highest BCUT2D eigenvalue weighted by Crippen LogP contribution is 2.34. The molecular weight excluding hydrogens is 371 g/mol. The van der Waals surface area contributed by atoms with Crippen LogP contribution in [0.1, 0.15) is 24.4 Å². The Labute approximate surface area is 159 Å². The Kier molecular flexibility index (Phi) is 4.37. The average molecular weight is 385 g/mol. The predicted octanol–water partition coefficient (Wildman–Crippen LogP) is 4.31. The van der Waals surface area contributed by atoms with Crippen molar-refractivity contribution in [2.24, 2.45) is 0 Å². The molecule has 4 rings (SSSR count).